The number of hydrogen-bond acceptors (Lipinski definition) is 14. The van der Waals surface area contributed by atoms with Crippen LogP contribution in [0.5, 0.6) is 0 Å². The van der Waals surface area contributed by atoms with Gasteiger partial charge in [0.2, 0.25) is 11.8 Å². The van der Waals surface area contributed by atoms with Crippen molar-refractivity contribution in [3.05, 3.63) is 184 Å². The first-order valence-electron chi connectivity index (χ1n) is 30.0. The lowest BCUT2D eigenvalue weighted by molar-refractivity contribution is -0.130. The van der Waals surface area contributed by atoms with Gasteiger partial charge in [-0.25, -0.2) is 27.2 Å². The van der Waals surface area contributed by atoms with Gasteiger partial charge in [0.25, 0.3) is 0 Å². The van der Waals surface area contributed by atoms with Crippen molar-refractivity contribution in [2.45, 2.75) is 65.0 Å². The maximum atomic E-state index is 15.5. The van der Waals surface area contributed by atoms with Crippen molar-refractivity contribution < 1.29 is 65.2 Å². The number of urea groups is 2. The van der Waals surface area contributed by atoms with Crippen LogP contribution in [-0.4, -0.2) is 103 Å². The highest BCUT2D eigenvalue weighted by atomic mass is 79.9. The van der Waals surface area contributed by atoms with Gasteiger partial charge in [-0.05, 0) is 92.4 Å². The number of H-pyrrole nitrogens is 1. The van der Waals surface area contributed by atoms with Crippen LogP contribution in [0, 0.1) is 35.3 Å². The first kappa shape index (κ1) is 70.9. The number of fused-ring (bicyclic) bond motifs is 2. The molecule has 0 spiro atoms. The van der Waals surface area contributed by atoms with E-state index in [1.54, 1.807) is 109 Å². The fourth-order valence-electron chi connectivity index (χ4n) is 11.3. The highest BCUT2D eigenvalue weighted by molar-refractivity contribution is 9.09. The van der Waals surface area contributed by atoms with E-state index in [0.29, 0.717) is 72.0 Å². The van der Waals surface area contributed by atoms with E-state index in [0.717, 1.165) is 6.08 Å². The average Bonchev–Trinajstić information content (AvgIpc) is 1.68. The summed E-state index contributed by atoms with van der Waals surface area (Å²) in [6, 6.07) is 33.0. The number of anilines is 4. The minimum Gasteiger partial charge on any atom is -0.400 e. The first-order valence-corrected chi connectivity index (χ1v) is 31.9. The molecule has 3 aromatic heterocycles. The molecule has 6 amide bonds. The second-order valence-corrected chi connectivity index (χ2v) is 23.9. The average molecular weight is 1430 g/mol. The third-order valence-corrected chi connectivity index (χ3v) is 17.2. The Balaban J connectivity index is 0.000000189. The van der Waals surface area contributed by atoms with Gasteiger partial charge in [0.1, 0.15) is 54.3 Å². The van der Waals surface area contributed by atoms with Gasteiger partial charge in [0, 0.05) is 91.9 Å². The molecule has 0 radical (unpaired) electrons. The molecule has 2 fully saturated rings. The van der Waals surface area contributed by atoms with Crippen molar-refractivity contribution in [1.29, 1.82) is 0 Å². The molecule has 3 heterocycles. The minimum atomic E-state index is -1.42. The molecule has 9 N–H and O–H groups in total. The SMILES string of the molecule is CC(=O)c1n[nH]c2ccc(NC(=O)NCC(N)=CC=O)cc12.CC(=O)c1nn(CC(=O)[C@@H]2C[C@H](F)C[C@@H]2C(=O)Nc2cccc(-c3ccccc3Cl)c2F)c2ccc(NC(=O)NCc3ccon3)cc12.O=C(Nc1cccc(-c2ccccc2Cl)c1F)C1C[C@@H](F)C[C@H]1C(=O)CBr. The molecule has 1 unspecified atom stereocenters. The largest absolute Gasteiger partial charge is 0.400 e. The van der Waals surface area contributed by atoms with E-state index < -0.39 is 77.3 Å². The smallest absolute Gasteiger partial charge is 0.319 e. The van der Waals surface area contributed by atoms with Crippen LogP contribution in [0.25, 0.3) is 44.1 Å². The predicted molar refractivity (Wildman–Crippen MR) is 361 cm³/mol. The Kier molecular flexibility index (Phi) is 23.7. The number of nitrogens with two attached hydrogens (primary N) is 1. The monoisotopic (exact) mass is 1430 g/mol. The molecule has 29 heteroatoms. The van der Waals surface area contributed by atoms with E-state index in [1.807, 2.05) is 0 Å². The van der Waals surface area contributed by atoms with Gasteiger partial charge in [-0.1, -0.05) is 105 Å². The Hall–Kier alpha value is -10.4. The molecule has 2 aliphatic carbocycles. The third kappa shape index (κ3) is 17.6. The molecule has 6 atom stereocenters. The molecular formula is C68H61BrCl2F4N12O10. The Morgan fingerprint density at radius 1 is 0.639 bits per heavy atom. The highest BCUT2D eigenvalue weighted by Gasteiger charge is 2.44. The Morgan fingerprint density at radius 2 is 1.15 bits per heavy atom. The predicted octanol–water partition coefficient (Wildman–Crippen LogP) is 12.9. The normalized spacial score (nSPS) is 17.2. The second-order valence-electron chi connectivity index (χ2n) is 22.6. The number of carbonyl (C=O) groups is 9. The van der Waals surface area contributed by atoms with Crippen molar-refractivity contribution >= 4 is 137 Å². The Bertz CT molecular complexity index is 4510. The minimum absolute atomic E-state index is 0.0185. The standard InChI is InChI=1S/C34H29ClF2N6O5.C20H17BrClF2NO2.C14H15N5O3/c1-18(44)32-26-15-20(39-34(47)38-16-21-11-12-48-42-21)9-10-29(26)43(41-32)17-30(45)24-13-19(36)14-25(24)33(46)40-28-8-4-6-23(31(28)37)22-5-2-3-7-27(22)35;21-10-18(26)14-8-11(23)9-15(14)20(27)25-17-7-3-5-13(19(17)24)12-4-1-2-6-16(12)22;1-8(21)13-11-6-10(2-3-12(11)18-19-13)17-14(22)16-7-9(15)4-5-20/h2-12,15,19,24-25H,13-14,16-17H2,1H3,(H,40,46)(H2,38,39,47);1-7,11,14-15H,8-10H2,(H,25,27);2-6H,7,15H2,1H3,(H,18,19)(H2,16,17,22)/t19-,24+,25-;11-,14+,15?;/m00./s1. The summed E-state index contributed by atoms with van der Waals surface area (Å²) >= 11 is 15.5. The number of carbonyl (C=O) groups excluding carboxylic acids is 9. The molecular weight excluding hydrogens is 1370 g/mol. The van der Waals surface area contributed by atoms with Crippen LogP contribution < -0.4 is 37.6 Å². The second kappa shape index (κ2) is 32.4. The molecule has 2 aliphatic rings. The van der Waals surface area contributed by atoms with Gasteiger partial charge in [0.15, 0.2) is 29.0 Å². The van der Waals surface area contributed by atoms with Gasteiger partial charge >= 0.3 is 12.1 Å². The van der Waals surface area contributed by atoms with Crippen LogP contribution in [0.1, 0.15) is 66.2 Å². The van der Waals surface area contributed by atoms with Crippen molar-refractivity contribution in [2.24, 2.45) is 29.4 Å². The number of benzene rings is 6. The van der Waals surface area contributed by atoms with Crippen molar-refractivity contribution in [3.8, 4) is 22.3 Å². The number of aldehydes is 1. The number of aromatic amines is 1. The number of halogens is 7. The van der Waals surface area contributed by atoms with Crippen LogP contribution in [0.2, 0.25) is 10.0 Å². The lowest BCUT2D eigenvalue weighted by atomic mass is 9.91. The highest BCUT2D eigenvalue weighted by Crippen LogP contribution is 2.40. The van der Waals surface area contributed by atoms with Crippen LogP contribution >= 0.6 is 39.1 Å². The van der Waals surface area contributed by atoms with E-state index in [-0.39, 0.29) is 102 Å². The van der Waals surface area contributed by atoms with Gasteiger partial charge in [-0.2, -0.15) is 10.2 Å². The number of hydrogen-bond donors (Lipinski definition) is 8. The summed E-state index contributed by atoms with van der Waals surface area (Å²) < 4.78 is 65.1. The number of rotatable bonds is 20. The summed E-state index contributed by atoms with van der Waals surface area (Å²) in [7, 11) is 0. The van der Waals surface area contributed by atoms with E-state index >= 15 is 4.39 Å². The molecule has 22 nitrogen and oxygen atoms in total. The van der Waals surface area contributed by atoms with Crippen molar-refractivity contribution in [1.82, 2.24) is 35.8 Å². The quantitative estimate of drug-likeness (QED) is 0.0116. The van der Waals surface area contributed by atoms with Gasteiger partial charge in [-0.3, -0.25) is 43.3 Å². The number of alkyl halides is 3. The van der Waals surface area contributed by atoms with Crippen molar-refractivity contribution in [3.63, 3.8) is 0 Å². The molecule has 2 saturated carbocycles. The van der Waals surface area contributed by atoms with E-state index in [1.165, 1.54) is 43.0 Å². The van der Waals surface area contributed by atoms with Gasteiger partial charge < -0.3 is 42.2 Å². The maximum absolute atomic E-state index is 15.5. The van der Waals surface area contributed by atoms with Crippen LogP contribution in [0.4, 0.5) is 49.9 Å². The first-order chi connectivity index (χ1) is 46.5. The number of ketones is 4. The number of nitrogens with zero attached hydrogens (tertiary/aromatic N) is 4. The topological polar surface area (TPSA) is 324 Å². The molecule has 0 aliphatic heterocycles. The molecule has 97 heavy (non-hydrogen) atoms. The summed E-state index contributed by atoms with van der Waals surface area (Å²) in [5, 5.41) is 32.1. The molecule has 6 aromatic carbocycles. The summed E-state index contributed by atoms with van der Waals surface area (Å²) in [6.07, 6.45) is 0.0491. The molecule has 9 aromatic rings. The number of nitrogens with one attached hydrogen (secondary N) is 7. The van der Waals surface area contributed by atoms with E-state index in [9.17, 15) is 56.3 Å². The number of aromatic nitrogens is 5. The van der Waals surface area contributed by atoms with Crippen LogP contribution in [0.15, 0.2) is 150 Å². The van der Waals surface area contributed by atoms with Gasteiger partial charge in [0.05, 0.1) is 52.7 Å². The van der Waals surface area contributed by atoms with Crippen molar-refractivity contribution in [2.75, 3.05) is 33.1 Å². The molecule has 0 bridgehead atoms. The summed E-state index contributed by atoms with van der Waals surface area (Å²) in [5.74, 6) is -7.38. The number of Topliss-reactive ketones (excluding diaryl/α,β-unsaturated/α-hetero) is 4. The zero-order valence-corrected chi connectivity index (χ0v) is 54.7. The van der Waals surface area contributed by atoms with Crippen LogP contribution in [0.3, 0.4) is 0 Å². The fraction of sp³-hybridized carbons (Fsp3) is 0.235. The molecule has 0 saturated heterocycles. The van der Waals surface area contributed by atoms with E-state index in [4.69, 9.17) is 33.5 Å². The lowest BCUT2D eigenvalue weighted by Crippen LogP contribution is -2.32. The maximum Gasteiger partial charge on any atom is 0.319 e. The zero-order valence-electron chi connectivity index (χ0n) is 51.6. The number of amides is 6. The third-order valence-electron chi connectivity index (χ3n) is 15.9. The fourth-order valence-corrected chi connectivity index (χ4v) is 12.2. The summed E-state index contributed by atoms with van der Waals surface area (Å²) in [6.45, 7) is 2.59. The van der Waals surface area contributed by atoms with Gasteiger partial charge in [-0.15, -0.1) is 0 Å². The summed E-state index contributed by atoms with van der Waals surface area (Å²) in [5.41, 5.74) is 9.88. The van der Waals surface area contributed by atoms with Crippen LogP contribution in [-0.2, 0) is 37.1 Å². The Morgan fingerprint density at radius 3 is 1.68 bits per heavy atom. The van der Waals surface area contributed by atoms with E-state index in [2.05, 4.69) is 68.3 Å². The zero-order chi connectivity index (χ0) is 69.6. The Labute approximate surface area is 568 Å². The number of allylic oxidation sites excluding steroid dienone is 1. The molecule has 502 valence electrons. The lowest BCUT2D eigenvalue weighted by Gasteiger charge is -2.19. The molecule has 11 rings (SSSR count). The summed E-state index contributed by atoms with van der Waals surface area (Å²) in [4.78, 5) is 110.